The number of esters is 2. The minimum atomic E-state index is -4.37. The number of carbonyl (C=O) groups excluding carboxylic acids is 2. The average Bonchev–Trinajstić information content (AvgIpc) is 3.31. The summed E-state index contributed by atoms with van der Waals surface area (Å²) in [4.78, 5) is 34.8. The Balaban J connectivity index is 3.64. The molecule has 10 heteroatoms. The number of ether oxygens (including phenoxy) is 2. The molecule has 0 fully saturated rings. The molecule has 394 valence electrons. The fourth-order valence-electron chi connectivity index (χ4n) is 8.93. The Kier molecular flexibility index (Phi) is 52.6. The van der Waals surface area contributed by atoms with Gasteiger partial charge < -0.3 is 20.1 Å². The zero-order valence-electron chi connectivity index (χ0n) is 44.0. The summed E-state index contributed by atoms with van der Waals surface area (Å²) in [6.07, 6.45) is 59.4. The van der Waals surface area contributed by atoms with E-state index in [2.05, 4.69) is 13.8 Å². The topological polar surface area (TPSA) is 134 Å². The summed E-state index contributed by atoms with van der Waals surface area (Å²) < 4.78 is 32.8. The first kappa shape index (κ1) is 65.0. The van der Waals surface area contributed by atoms with Crippen LogP contribution in [0.4, 0.5) is 0 Å². The van der Waals surface area contributed by atoms with Gasteiger partial charge in [0.1, 0.15) is 6.61 Å². The van der Waals surface area contributed by atoms with E-state index in [1.165, 1.54) is 250 Å². The van der Waals surface area contributed by atoms with E-state index >= 15 is 0 Å². The molecule has 0 spiro atoms. The molecule has 0 aromatic carbocycles. The van der Waals surface area contributed by atoms with Gasteiger partial charge in [0.25, 0.3) is 0 Å². The van der Waals surface area contributed by atoms with Crippen LogP contribution in [0.5, 0.6) is 0 Å². The summed E-state index contributed by atoms with van der Waals surface area (Å²) in [5.74, 6) is -0.815. The monoisotopic (exact) mass is 958 g/mol. The molecule has 2 atom stereocenters. The fourth-order valence-corrected chi connectivity index (χ4v) is 9.70. The number of phosphoric ester groups is 1. The zero-order chi connectivity index (χ0) is 48.1. The Labute approximate surface area is 409 Å². The molecular formula is C56H112NO8P. The van der Waals surface area contributed by atoms with Gasteiger partial charge in [-0.15, -0.1) is 0 Å². The van der Waals surface area contributed by atoms with Crippen molar-refractivity contribution in [3.05, 3.63) is 0 Å². The molecule has 0 aliphatic heterocycles. The van der Waals surface area contributed by atoms with Crippen molar-refractivity contribution in [1.29, 1.82) is 0 Å². The fraction of sp³-hybridized carbons (Fsp3) is 0.964. The molecule has 0 aromatic rings. The molecule has 0 heterocycles. The molecule has 0 saturated heterocycles. The van der Waals surface area contributed by atoms with Gasteiger partial charge in [0.05, 0.1) is 13.2 Å². The van der Waals surface area contributed by atoms with Crippen molar-refractivity contribution in [2.24, 2.45) is 5.73 Å². The van der Waals surface area contributed by atoms with Crippen molar-refractivity contribution in [1.82, 2.24) is 0 Å². The number of nitrogens with two attached hydrogens (primary N) is 1. The van der Waals surface area contributed by atoms with Crippen molar-refractivity contribution in [3.8, 4) is 0 Å². The second kappa shape index (κ2) is 53.4. The second-order valence-electron chi connectivity index (χ2n) is 19.9. The van der Waals surface area contributed by atoms with Gasteiger partial charge >= 0.3 is 19.8 Å². The molecule has 66 heavy (non-hydrogen) atoms. The first-order valence-electron chi connectivity index (χ1n) is 29.0. The number of hydrogen-bond donors (Lipinski definition) is 2. The minimum Gasteiger partial charge on any atom is -0.462 e. The molecule has 0 aliphatic carbocycles. The van der Waals surface area contributed by atoms with Crippen LogP contribution in [0.25, 0.3) is 0 Å². The Bertz CT molecular complexity index is 1050. The highest BCUT2D eigenvalue weighted by Gasteiger charge is 2.26. The van der Waals surface area contributed by atoms with E-state index in [-0.39, 0.29) is 38.6 Å². The SMILES string of the molecule is CCCCCCCCCCCCCCCCCCCCCCCCCCCCCCCCCCCCCCCC(=O)OC(COC(=O)CCCCCCCCCC)COP(=O)(O)OCCN. The van der Waals surface area contributed by atoms with Crippen LogP contribution in [0.2, 0.25) is 0 Å². The number of hydrogen-bond acceptors (Lipinski definition) is 8. The number of carbonyl (C=O) groups is 2. The molecule has 0 aromatic heterocycles. The van der Waals surface area contributed by atoms with Crippen molar-refractivity contribution >= 4 is 19.8 Å². The molecular weight excluding hydrogens is 846 g/mol. The number of rotatable bonds is 56. The third kappa shape index (κ3) is 52.4. The molecule has 2 unspecified atom stereocenters. The van der Waals surface area contributed by atoms with Crippen LogP contribution < -0.4 is 5.73 Å². The quantitative estimate of drug-likeness (QED) is 0.0347. The molecule has 0 rings (SSSR count). The van der Waals surface area contributed by atoms with Gasteiger partial charge in [0.2, 0.25) is 0 Å². The summed E-state index contributed by atoms with van der Waals surface area (Å²) in [7, 11) is -4.37. The largest absolute Gasteiger partial charge is 0.472 e. The van der Waals surface area contributed by atoms with E-state index < -0.39 is 26.5 Å². The normalized spacial score (nSPS) is 13.0. The van der Waals surface area contributed by atoms with Gasteiger partial charge in [-0.2, -0.15) is 0 Å². The average molecular weight is 958 g/mol. The Morgan fingerprint density at radius 2 is 0.652 bits per heavy atom. The summed E-state index contributed by atoms with van der Waals surface area (Å²) in [6, 6.07) is 0. The maximum absolute atomic E-state index is 12.6. The summed E-state index contributed by atoms with van der Waals surface area (Å²) in [5, 5.41) is 0. The third-order valence-electron chi connectivity index (χ3n) is 13.2. The van der Waals surface area contributed by atoms with E-state index in [0.717, 1.165) is 32.1 Å². The van der Waals surface area contributed by atoms with E-state index in [1.54, 1.807) is 0 Å². The minimum absolute atomic E-state index is 0.0580. The van der Waals surface area contributed by atoms with Crippen LogP contribution in [-0.2, 0) is 32.7 Å². The lowest BCUT2D eigenvalue weighted by atomic mass is 10.0. The molecule has 9 nitrogen and oxygen atoms in total. The predicted octanol–water partition coefficient (Wildman–Crippen LogP) is 17.9. The van der Waals surface area contributed by atoms with E-state index in [1.807, 2.05) is 0 Å². The maximum Gasteiger partial charge on any atom is 0.472 e. The second-order valence-corrected chi connectivity index (χ2v) is 21.3. The highest BCUT2D eigenvalue weighted by atomic mass is 31.2. The summed E-state index contributed by atoms with van der Waals surface area (Å²) in [6.45, 7) is 3.75. The molecule has 0 aliphatic rings. The number of unbranched alkanes of at least 4 members (excludes halogenated alkanes) is 43. The van der Waals surface area contributed by atoms with E-state index in [9.17, 15) is 19.0 Å². The van der Waals surface area contributed by atoms with Crippen LogP contribution in [0, 0.1) is 0 Å². The first-order valence-corrected chi connectivity index (χ1v) is 30.5. The Morgan fingerprint density at radius 1 is 0.394 bits per heavy atom. The summed E-state index contributed by atoms with van der Waals surface area (Å²) >= 11 is 0. The van der Waals surface area contributed by atoms with Gasteiger partial charge in [0.15, 0.2) is 6.10 Å². The molecule has 0 bridgehead atoms. The van der Waals surface area contributed by atoms with Crippen LogP contribution >= 0.6 is 7.82 Å². The molecule has 0 amide bonds. The highest BCUT2D eigenvalue weighted by molar-refractivity contribution is 7.47. The zero-order valence-corrected chi connectivity index (χ0v) is 44.9. The first-order chi connectivity index (χ1) is 32.3. The van der Waals surface area contributed by atoms with Crippen LogP contribution in [0.15, 0.2) is 0 Å². The smallest absolute Gasteiger partial charge is 0.462 e. The molecule has 0 radical (unpaired) electrons. The standard InChI is InChI=1S/C56H112NO8P/c1-3-5-7-9-11-13-14-15-16-17-18-19-20-21-22-23-24-25-26-27-28-29-30-31-32-33-34-35-36-37-38-39-40-41-43-45-47-49-56(59)65-54(53-64-66(60,61)63-51-50-57)52-62-55(58)48-46-44-42-12-10-8-6-4-2/h54H,3-53,57H2,1-2H3,(H,60,61). The van der Waals surface area contributed by atoms with Gasteiger partial charge in [0, 0.05) is 19.4 Å². The number of phosphoric acid groups is 1. The lowest BCUT2D eigenvalue weighted by molar-refractivity contribution is -0.161. The van der Waals surface area contributed by atoms with Crippen LogP contribution in [0.3, 0.4) is 0 Å². The predicted molar refractivity (Wildman–Crippen MR) is 280 cm³/mol. The van der Waals surface area contributed by atoms with Gasteiger partial charge in [-0.3, -0.25) is 18.6 Å². The van der Waals surface area contributed by atoms with Crippen molar-refractivity contribution in [2.75, 3.05) is 26.4 Å². The van der Waals surface area contributed by atoms with Gasteiger partial charge in [-0.25, -0.2) is 4.57 Å². The van der Waals surface area contributed by atoms with Crippen molar-refractivity contribution < 1.29 is 37.6 Å². The Hall–Kier alpha value is -0.990. The third-order valence-corrected chi connectivity index (χ3v) is 14.2. The maximum atomic E-state index is 12.6. The van der Waals surface area contributed by atoms with E-state index in [4.69, 9.17) is 24.3 Å². The van der Waals surface area contributed by atoms with Crippen molar-refractivity contribution in [3.63, 3.8) is 0 Å². The van der Waals surface area contributed by atoms with Crippen molar-refractivity contribution in [2.45, 2.75) is 322 Å². The van der Waals surface area contributed by atoms with E-state index in [0.29, 0.717) is 6.42 Å². The Morgan fingerprint density at radius 3 is 0.924 bits per heavy atom. The van der Waals surface area contributed by atoms with Gasteiger partial charge in [-0.05, 0) is 12.8 Å². The molecule has 3 N–H and O–H groups in total. The van der Waals surface area contributed by atoms with Gasteiger partial charge in [-0.1, -0.05) is 290 Å². The highest BCUT2D eigenvalue weighted by Crippen LogP contribution is 2.43. The molecule has 0 saturated carbocycles. The summed E-state index contributed by atoms with van der Waals surface area (Å²) in [5.41, 5.74) is 5.36. The lowest BCUT2D eigenvalue weighted by Crippen LogP contribution is -2.29. The van der Waals surface area contributed by atoms with Crippen LogP contribution in [0.1, 0.15) is 316 Å². The van der Waals surface area contributed by atoms with Crippen LogP contribution in [-0.4, -0.2) is 49.3 Å². The lowest BCUT2D eigenvalue weighted by Gasteiger charge is -2.19.